The Hall–Kier alpha value is -2.05. The average Bonchev–Trinajstić information content (AvgIpc) is 2.61. The molecule has 0 atom stereocenters. The predicted octanol–water partition coefficient (Wildman–Crippen LogP) is 3.74. The van der Waals surface area contributed by atoms with Gasteiger partial charge in [0.25, 0.3) is 0 Å². The maximum Gasteiger partial charge on any atom is 0.322 e. The molecule has 0 aliphatic carbocycles. The predicted molar refractivity (Wildman–Crippen MR) is 105 cm³/mol. The molecule has 0 bridgehead atoms. The molecule has 2 rings (SSSR count). The molecule has 0 saturated heterocycles. The molecule has 0 aromatic heterocycles. The first-order valence-corrected chi connectivity index (χ1v) is 8.87. The Morgan fingerprint density at radius 1 is 1.12 bits per heavy atom. The lowest BCUT2D eigenvalue weighted by atomic mass is 10.2. The second-order valence-electron chi connectivity index (χ2n) is 5.94. The number of rotatable bonds is 7. The number of hydrogen-bond donors (Lipinski definition) is 1. The number of nitrogens with zero attached hydrogens (tertiary/aromatic N) is 2. The summed E-state index contributed by atoms with van der Waals surface area (Å²) in [4.78, 5) is 16.5. The van der Waals surface area contributed by atoms with Crippen LogP contribution in [0.25, 0.3) is 0 Å². The molecule has 0 spiro atoms. The minimum absolute atomic E-state index is 0.119. The third-order valence-electron chi connectivity index (χ3n) is 3.73. The number of anilines is 1. The Morgan fingerprint density at radius 3 is 2.48 bits per heavy atom. The SMILES string of the molecule is COc1cccc(CNC(=O)N(CCN(C)C)c2ccc(Br)cc2)c1. The van der Waals surface area contributed by atoms with Crippen molar-refractivity contribution in [3.05, 3.63) is 58.6 Å². The van der Waals surface area contributed by atoms with Crippen LogP contribution in [-0.4, -0.2) is 45.2 Å². The van der Waals surface area contributed by atoms with Crippen molar-refractivity contribution in [3.63, 3.8) is 0 Å². The van der Waals surface area contributed by atoms with Gasteiger partial charge in [-0.2, -0.15) is 0 Å². The fraction of sp³-hybridized carbons (Fsp3) is 0.316. The summed E-state index contributed by atoms with van der Waals surface area (Å²) in [7, 11) is 5.62. The van der Waals surface area contributed by atoms with Crippen molar-refractivity contribution in [2.45, 2.75) is 6.54 Å². The minimum atomic E-state index is -0.119. The van der Waals surface area contributed by atoms with Crippen LogP contribution >= 0.6 is 15.9 Å². The van der Waals surface area contributed by atoms with Crippen LogP contribution in [0.4, 0.5) is 10.5 Å². The van der Waals surface area contributed by atoms with Crippen LogP contribution in [0.3, 0.4) is 0 Å². The van der Waals surface area contributed by atoms with Crippen LogP contribution in [0, 0.1) is 0 Å². The summed E-state index contributed by atoms with van der Waals surface area (Å²) in [6.45, 7) is 1.84. The second kappa shape index (κ2) is 9.44. The van der Waals surface area contributed by atoms with Gasteiger partial charge in [0.05, 0.1) is 7.11 Å². The molecule has 0 fully saturated rings. The van der Waals surface area contributed by atoms with E-state index in [9.17, 15) is 4.79 Å². The molecule has 0 saturated carbocycles. The number of ether oxygens (including phenoxy) is 1. The monoisotopic (exact) mass is 405 g/mol. The van der Waals surface area contributed by atoms with E-state index in [1.807, 2.05) is 62.6 Å². The van der Waals surface area contributed by atoms with Gasteiger partial charge in [0.15, 0.2) is 0 Å². The highest BCUT2D eigenvalue weighted by atomic mass is 79.9. The van der Waals surface area contributed by atoms with Gasteiger partial charge in [-0.1, -0.05) is 28.1 Å². The quantitative estimate of drug-likeness (QED) is 0.762. The zero-order valence-electron chi connectivity index (χ0n) is 14.8. The zero-order chi connectivity index (χ0) is 18.2. The summed E-state index contributed by atoms with van der Waals surface area (Å²) in [5, 5.41) is 2.99. The van der Waals surface area contributed by atoms with Gasteiger partial charge in [-0.05, 0) is 56.1 Å². The summed E-state index contributed by atoms with van der Waals surface area (Å²) in [5.41, 5.74) is 1.87. The lowest BCUT2D eigenvalue weighted by Crippen LogP contribution is -2.43. The number of halogens is 1. The smallest absolute Gasteiger partial charge is 0.322 e. The van der Waals surface area contributed by atoms with Crippen LogP contribution in [0.1, 0.15) is 5.56 Å². The number of urea groups is 1. The first kappa shape index (κ1) is 19.3. The highest BCUT2D eigenvalue weighted by Gasteiger charge is 2.15. The van der Waals surface area contributed by atoms with Crippen LogP contribution in [-0.2, 0) is 6.54 Å². The molecule has 0 radical (unpaired) electrons. The van der Waals surface area contributed by atoms with Crippen LogP contribution in [0.2, 0.25) is 0 Å². The van der Waals surface area contributed by atoms with E-state index in [4.69, 9.17) is 4.74 Å². The number of carbonyl (C=O) groups is 1. The minimum Gasteiger partial charge on any atom is -0.497 e. The van der Waals surface area contributed by atoms with Crippen molar-refractivity contribution < 1.29 is 9.53 Å². The number of carbonyl (C=O) groups excluding carboxylic acids is 1. The van der Waals surface area contributed by atoms with E-state index in [0.717, 1.165) is 28.0 Å². The lowest BCUT2D eigenvalue weighted by molar-refractivity contribution is 0.245. The van der Waals surface area contributed by atoms with Gasteiger partial charge >= 0.3 is 6.03 Å². The zero-order valence-corrected chi connectivity index (χ0v) is 16.4. The Morgan fingerprint density at radius 2 is 1.84 bits per heavy atom. The molecule has 6 heteroatoms. The maximum atomic E-state index is 12.7. The Labute approximate surface area is 157 Å². The van der Waals surface area contributed by atoms with Crippen LogP contribution in [0.15, 0.2) is 53.0 Å². The van der Waals surface area contributed by atoms with E-state index in [2.05, 4.69) is 26.1 Å². The topological polar surface area (TPSA) is 44.8 Å². The number of amides is 2. The largest absolute Gasteiger partial charge is 0.497 e. The molecule has 134 valence electrons. The van der Waals surface area contributed by atoms with E-state index < -0.39 is 0 Å². The summed E-state index contributed by atoms with van der Waals surface area (Å²) in [6.07, 6.45) is 0. The first-order valence-electron chi connectivity index (χ1n) is 8.08. The molecule has 25 heavy (non-hydrogen) atoms. The lowest BCUT2D eigenvalue weighted by Gasteiger charge is -2.25. The summed E-state index contributed by atoms with van der Waals surface area (Å²) < 4.78 is 6.21. The highest BCUT2D eigenvalue weighted by Crippen LogP contribution is 2.19. The van der Waals surface area contributed by atoms with Gasteiger partial charge in [0.2, 0.25) is 0 Å². The molecular formula is C19H24BrN3O2. The third-order valence-corrected chi connectivity index (χ3v) is 4.26. The molecule has 2 aromatic carbocycles. The Kier molecular flexibility index (Phi) is 7.28. The molecule has 2 amide bonds. The summed E-state index contributed by atoms with van der Waals surface area (Å²) >= 11 is 3.43. The Bertz CT molecular complexity index is 689. The van der Waals surface area contributed by atoms with Crippen molar-refractivity contribution in [1.82, 2.24) is 10.2 Å². The van der Waals surface area contributed by atoms with E-state index >= 15 is 0 Å². The van der Waals surface area contributed by atoms with E-state index in [0.29, 0.717) is 13.1 Å². The van der Waals surface area contributed by atoms with Crippen molar-refractivity contribution in [1.29, 1.82) is 0 Å². The Balaban J connectivity index is 2.07. The van der Waals surface area contributed by atoms with Gasteiger partial charge in [-0.15, -0.1) is 0 Å². The van der Waals surface area contributed by atoms with Crippen LogP contribution in [0.5, 0.6) is 5.75 Å². The number of likely N-dealkylation sites (N-methyl/N-ethyl adjacent to an activating group) is 1. The van der Waals surface area contributed by atoms with E-state index in [-0.39, 0.29) is 6.03 Å². The molecule has 5 nitrogen and oxygen atoms in total. The fourth-order valence-corrected chi connectivity index (χ4v) is 2.59. The van der Waals surface area contributed by atoms with Gasteiger partial charge < -0.3 is 15.0 Å². The number of methoxy groups -OCH3 is 1. The van der Waals surface area contributed by atoms with Gasteiger partial charge in [0, 0.05) is 29.8 Å². The van der Waals surface area contributed by atoms with Crippen molar-refractivity contribution in [2.75, 3.05) is 39.2 Å². The molecule has 2 aromatic rings. The highest BCUT2D eigenvalue weighted by molar-refractivity contribution is 9.10. The number of nitrogens with one attached hydrogen (secondary N) is 1. The molecule has 0 heterocycles. The molecule has 0 aliphatic rings. The van der Waals surface area contributed by atoms with Crippen molar-refractivity contribution >= 4 is 27.6 Å². The first-order chi connectivity index (χ1) is 12.0. The standard InChI is InChI=1S/C19H24BrN3O2/c1-22(2)11-12-23(17-9-7-16(20)8-10-17)19(24)21-14-15-5-4-6-18(13-15)25-3/h4-10,13H,11-12,14H2,1-3H3,(H,21,24). The maximum absolute atomic E-state index is 12.7. The average molecular weight is 406 g/mol. The molecule has 0 aliphatic heterocycles. The molecule has 1 N–H and O–H groups in total. The van der Waals surface area contributed by atoms with Crippen molar-refractivity contribution in [3.8, 4) is 5.75 Å². The van der Waals surface area contributed by atoms with E-state index in [1.165, 1.54) is 0 Å². The van der Waals surface area contributed by atoms with Crippen molar-refractivity contribution in [2.24, 2.45) is 0 Å². The molecule has 0 unspecified atom stereocenters. The number of hydrogen-bond acceptors (Lipinski definition) is 3. The summed E-state index contributed by atoms with van der Waals surface area (Å²) in [5.74, 6) is 0.782. The molecular weight excluding hydrogens is 382 g/mol. The summed E-state index contributed by atoms with van der Waals surface area (Å²) in [6, 6.07) is 15.3. The van der Waals surface area contributed by atoms with E-state index in [1.54, 1.807) is 12.0 Å². The normalized spacial score (nSPS) is 10.6. The van der Waals surface area contributed by atoms with Gasteiger partial charge in [-0.25, -0.2) is 4.79 Å². The van der Waals surface area contributed by atoms with Gasteiger partial charge in [0.1, 0.15) is 5.75 Å². The number of benzene rings is 2. The van der Waals surface area contributed by atoms with Gasteiger partial charge in [-0.3, -0.25) is 4.90 Å². The van der Waals surface area contributed by atoms with Crippen LogP contribution < -0.4 is 15.0 Å². The third kappa shape index (κ3) is 6.07. The second-order valence-corrected chi connectivity index (χ2v) is 6.86. The fourth-order valence-electron chi connectivity index (χ4n) is 2.32.